The summed E-state index contributed by atoms with van der Waals surface area (Å²) < 4.78 is 10.3. The van der Waals surface area contributed by atoms with Crippen molar-refractivity contribution in [2.45, 2.75) is 39.5 Å². The van der Waals surface area contributed by atoms with Crippen molar-refractivity contribution < 1.29 is 35.0 Å². The zero-order valence-corrected chi connectivity index (χ0v) is 16.9. The van der Waals surface area contributed by atoms with E-state index in [2.05, 4.69) is 6.92 Å². The summed E-state index contributed by atoms with van der Waals surface area (Å²) in [6.07, 6.45) is 5.05. The van der Waals surface area contributed by atoms with Crippen LogP contribution in [0.1, 0.15) is 39.5 Å². The van der Waals surface area contributed by atoms with Gasteiger partial charge in [0.15, 0.2) is 0 Å². The molecule has 5 N–H and O–H groups in total. The van der Waals surface area contributed by atoms with Gasteiger partial charge in [-0.25, -0.2) is 0 Å². The Hall–Kier alpha value is -1.22. The molecule has 0 atom stereocenters. The maximum absolute atomic E-state index is 8.07. The number of hydrogen-bond donors (Lipinski definition) is 5. The number of ether oxygens (including phenoxy) is 2. The number of para-hydroxylation sites is 1. The van der Waals surface area contributed by atoms with Gasteiger partial charge >= 0.3 is 0 Å². The molecule has 0 aliphatic heterocycles. The largest absolute Gasteiger partial charge is 0.494 e. The summed E-state index contributed by atoms with van der Waals surface area (Å²) >= 11 is 0. The van der Waals surface area contributed by atoms with Gasteiger partial charge in [0, 0.05) is 6.61 Å². The lowest BCUT2D eigenvalue weighted by atomic mass is 10.2. The highest BCUT2D eigenvalue weighted by Gasteiger charge is 1.91. The molecule has 0 aliphatic carbocycles. The molecule has 0 spiro atoms. The number of unbranched alkanes of at least 4 members (excludes halogenated alkanes) is 3. The van der Waals surface area contributed by atoms with Crippen LogP contribution in [0.4, 0.5) is 0 Å². The first kappa shape index (κ1) is 30.5. The summed E-state index contributed by atoms with van der Waals surface area (Å²) in [5.41, 5.74) is 0. The highest BCUT2D eigenvalue weighted by Crippen LogP contribution is 2.09. The average Bonchev–Trinajstić information content (AvgIpc) is 2.73. The summed E-state index contributed by atoms with van der Waals surface area (Å²) in [5.74, 6) is 0.985. The number of benzene rings is 1. The summed E-state index contributed by atoms with van der Waals surface area (Å²) in [6, 6.07) is 10.0. The van der Waals surface area contributed by atoms with Gasteiger partial charge in [-0.1, -0.05) is 44.4 Å². The van der Waals surface area contributed by atoms with E-state index in [0.717, 1.165) is 12.4 Å². The van der Waals surface area contributed by atoms with Crippen molar-refractivity contribution in [2.24, 2.45) is 0 Å². The molecule has 0 aromatic heterocycles. The summed E-state index contributed by atoms with van der Waals surface area (Å²) in [6.45, 7) is 5.77. The molecule has 1 aromatic carbocycles. The predicted molar refractivity (Wildman–Crippen MR) is 108 cm³/mol. The first-order valence-corrected chi connectivity index (χ1v) is 9.48. The molecule has 0 radical (unpaired) electrons. The third kappa shape index (κ3) is 36.5. The SMILES string of the molecule is CCCCCCOc1ccccc1.CCOCCO.OCCO.OCCO. The smallest absolute Gasteiger partial charge is 0.119 e. The van der Waals surface area contributed by atoms with E-state index in [0.29, 0.717) is 13.2 Å². The Labute approximate surface area is 164 Å². The third-order valence-corrected chi connectivity index (χ3v) is 2.65. The van der Waals surface area contributed by atoms with E-state index in [1.807, 2.05) is 37.3 Å². The molecule has 0 aliphatic rings. The van der Waals surface area contributed by atoms with Gasteiger partial charge in [-0.2, -0.15) is 0 Å². The molecule has 0 fully saturated rings. The van der Waals surface area contributed by atoms with Crippen LogP contribution < -0.4 is 4.74 Å². The van der Waals surface area contributed by atoms with Gasteiger partial charge in [-0.3, -0.25) is 0 Å². The second-order valence-electron chi connectivity index (χ2n) is 5.04. The molecule has 0 saturated carbocycles. The van der Waals surface area contributed by atoms with Gasteiger partial charge in [-0.05, 0) is 25.5 Å². The lowest BCUT2D eigenvalue weighted by molar-refractivity contribution is 0.102. The van der Waals surface area contributed by atoms with Crippen molar-refractivity contribution in [3.05, 3.63) is 30.3 Å². The molecule has 1 aromatic rings. The molecular formula is C20H40O7. The molecule has 7 nitrogen and oxygen atoms in total. The lowest BCUT2D eigenvalue weighted by Gasteiger charge is -2.04. The van der Waals surface area contributed by atoms with Gasteiger partial charge in [0.2, 0.25) is 0 Å². The highest BCUT2D eigenvalue weighted by molar-refractivity contribution is 5.20. The van der Waals surface area contributed by atoms with Crippen LogP contribution in [-0.4, -0.2) is 78.4 Å². The molecule has 0 bridgehead atoms. The van der Waals surface area contributed by atoms with Crippen LogP contribution in [0.5, 0.6) is 5.75 Å². The fraction of sp³-hybridized carbons (Fsp3) is 0.700. The third-order valence-electron chi connectivity index (χ3n) is 2.65. The Morgan fingerprint density at radius 2 is 1.22 bits per heavy atom. The molecule has 0 unspecified atom stereocenters. The van der Waals surface area contributed by atoms with Gasteiger partial charge in [-0.15, -0.1) is 0 Å². The van der Waals surface area contributed by atoms with Crippen LogP contribution in [0.2, 0.25) is 0 Å². The summed E-state index contributed by atoms with van der Waals surface area (Å²) in [7, 11) is 0. The van der Waals surface area contributed by atoms with Crippen molar-refractivity contribution in [2.75, 3.05) is 52.9 Å². The number of hydrogen-bond acceptors (Lipinski definition) is 7. The first-order valence-electron chi connectivity index (χ1n) is 9.48. The van der Waals surface area contributed by atoms with Crippen LogP contribution in [0.15, 0.2) is 30.3 Å². The van der Waals surface area contributed by atoms with E-state index in [1.54, 1.807) is 0 Å². The van der Waals surface area contributed by atoms with Crippen LogP contribution in [0, 0.1) is 0 Å². The maximum Gasteiger partial charge on any atom is 0.119 e. The highest BCUT2D eigenvalue weighted by atomic mass is 16.5. The van der Waals surface area contributed by atoms with Crippen molar-refractivity contribution >= 4 is 0 Å². The zero-order valence-electron chi connectivity index (χ0n) is 16.9. The standard InChI is InChI=1S/C12H18O.C4H10O2.2C2H6O2/c1-2-3-4-8-11-13-12-9-6-5-7-10-12;1-2-6-4-3-5;2*3-1-2-4/h5-7,9-10H,2-4,8,11H2,1H3;5H,2-4H2,1H3;2*3-4H,1-2H2. The molecule has 27 heavy (non-hydrogen) atoms. The van der Waals surface area contributed by atoms with Crippen molar-refractivity contribution in [1.29, 1.82) is 0 Å². The quantitative estimate of drug-likeness (QED) is 0.363. The van der Waals surface area contributed by atoms with Crippen molar-refractivity contribution in [3.63, 3.8) is 0 Å². The van der Waals surface area contributed by atoms with Gasteiger partial charge in [0.25, 0.3) is 0 Å². The van der Waals surface area contributed by atoms with E-state index in [-0.39, 0.29) is 33.0 Å². The van der Waals surface area contributed by atoms with Gasteiger partial charge < -0.3 is 35.0 Å². The first-order chi connectivity index (χ1) is 13.2. The number of aliphatic hydroxyl groups excluding tert-OH is 5. The minimum atomic E-state index is -0.125. The van der Waals surface area contributed by atoms with Gasteiger partial charge in [0.05, 0.1) is 46.2 Å². The fourth-order valence-electron chi connectivity index (χ4n) is 1.44. The average molecular weight is 393 g/mol. The van der Waals surface area contributed by atoms with Crippen LogP contribution in [0.25, 0.3) is 0 Å². The Balaban J connectivity index is -0.000000343. The monoisotopic (exact) mass is 392 g/mol. The molecule has 0 heterocycles. The van der Waals surface area contributed by atoms with Crippen LogP contribution in [-0.2, 0) is 4.74 Å². The summed E-state index contributed by atoms with van der Waals surface area (Å²) in [5, 5.41) is 38.6. The zero-order chi connectivity index (χ0) is 21.0. The van der Waals surface area contributed by atoms with Crippen molar-refractivity contribution in [3.8, 4) is 5.75 Å². The molecule has 162 valence electrons. The minimum absolute atomic E-state index is 0.125. The number of rotatable bonds is 11. The second kappa shape index (κ2) is 32.5. The molecular weight excluding hydrogens is 352 g/mol. The Bertz CT molecular complexity index is 311. The van der Waals surface area contributed by atoms with Gasteiger partial charge in [0.1, 0.15) is 5.75 Å². The summed E-state index contributed by atoms with van der Waals surface area (Å²) in [4.78, 5) is 0. The second-order valence-corrected chi connectivity index (χ2v) is 5.04. The maximum atomic E-state index is 8.07. The Kier molecular flexibility index (Phi) is 36.7. The Morgan fingerprint density at radius 3 is 1.59 bits per heavy atom. The molecule has 0 saturated heterocycles. The van der Waals surface area contributed by atoms with E-state index < -0.39 is 0 Å². The van der Waals surface area contributed by atoms with E-state index in [1.165, 1.54) is 25.7 Å². The molecule has 0 amide bonds. The van der Waals surface area contributed by atoms with Crippen LogP contribution in [0.3, 0.4) is 0 Å². The fourth-order valence-corrected chi connectivity index (χ4v) is 1.44. The number of aliphatic hydroxyl groups is 5. The topological polar surface area (TPSA) is 120 Å². The van der Waals surface area contributed by atoms with E-state index >= 15 is 0 Å². The normalized spacial score (nSPS) is 9.00. The van der Waals surface area contributed by atoms with Crippen LogP contribution >= 0.6 is 0 Å². The van der Waals surface area contributed by atoms with Crippen molar-refractivity contribution in [1.82, 2.24) is 0 Å². The predicted octanol–water partition coefficient (Wildman–Crippen LogP) is 1.60. The minimum Gasteiger partial charge on any atom is -0.494 e. The Morgan fingerprint density at radius 1 is 0.667 bits per heavy atom. The van der Waals surface area contributed by atoms with E-state index in [9.17, 15) is 0 Å². The molecule has 7 heteroatoms. The molecule has 1 rings (SSSR count). The van der Waals surface area contributed by atoms with E-state index in [4.69, 9.17) is 35.0 Å². The lowest BCUT2D eigenvalue weighted by Crippen LogP contribution is -1.96.